The van der Waals surface area contributed by atoms with Gasteiger partial charge in [-0.3, -0.25) is 9.48 Å². The van der Waals surface area contributed by atoms with Gasteiger partial charge in [0.05, 0.1) is 23.8 Å². The monoisotopic (exact) mass is 414 g/mol. The van der Waals surface area contributed by atoms with Crippen molar-refractivity contribution in [1.29, 1.82) is 0 Å². The van der Waals surface area contributed by atoms with E-state index < -0.39 is 0 Å². The number of carbonyl (C=O) groups is 1. The number of hydrogen-bond acceptors (Lipinski definition) is 3. The summed E-state index contributed by atoms with van der Waals surface area (Å²) in [7, 11) is 1.63. The minimum atomic E-state index is -0.0471. The lowest BCUT2D eigenvalue weighted by Gasteiger charge is -2.10. The first-order valence-corrected chi connectivity index (χ1v) is 8.06. The molecule has 0 amide bonds. The van der Waals surface area contributed by atoms with Crippen molar-refractivity contribution in [2.24, 2.45) is 0 Å². The summed E-state index contributed by atoms with van der Waals surface area (Å²) in [5.41, 5.74) is 3.29. The van der Waals surface area contributed by atoms with Gasteiger partial charge in [-0.2, -0.15) is 5.10 Å². The molecule has 2 rings (SSSR count). The first-order valence-electron chi connectivity index (χ1n) is 6.47. The number of aryl methyl sites for hydroxylation is 2. The molecule has 0 aliphatic heterocycles. The Morgan fingerprint density at radius 1 is 1.29 bits per heavy atom. The number of hydrogen-bond donors (Lipinski definition) is 0. The van der Waals surface area contributed by atoms with Gasteiger partial charge < -0.3 is 4.74 Å². The lowest BCUT2D eigenvalue weighted by atomic mass is 10.0. The van der Waals surface area contributed by atoms with Crippen molar-refractivity contribution in [2.45, 2.75) is 20.4 Å². The molecule has 21 heavy (non-hydrogen) atoms. The molecular formula is C15H16Br2N2O2. The number of aromatic nitrogens is 2. The third-order valence-corrected chi connectivity index (χ3v) is 5.05. The van der Waals surface area contributed by atoms with E-state index in [2.05, 4.69) is 37.0 Å². The Labute approximate surface area is 140 Å². The van der Waals surface area contributed by atoms with Crippen LogP contribution in [-0.2, 0) is 11.3 Å². The van der Waals surface area contributed by atoms with Crippen molar-refractivity contribution in [3.05, 3.63) is 49.7 Å². The molecular weight excluding hydrogens is 400 g/mol. The van der Waals surface area contributed by atoms with Crippen molar-refractivity contribution >= 4 is 37.6 Å². The van der Waals surface area contributed by atoms with E-state index in [1.807, 2.05) is 26.0 Å². The zero-order valence-corrected chi connectivity index (χ0v) is 15.3. The highest BCUT2D eigenvalue weighted by Crippen LogP contribution is 2.26. The van der Waals surface area contributed by atoms with Crippen LogP contribution in [0.25, 0.3) is 0 Å². The van der Waals surface area contributed by atoms with Crippen LogP contribution in [0.15, 0.2) is 27.3 Å². The van der Waals surface area contributed by atoms with Crippen LogP contribution in [0.4, 0.5) is 0 Å². The predicted octanol–water partition coefficient (Wildman–Crippen LogP) is 3.90. The van der Waals surface area contributed by atoms with E-state index in [0.29, 0.717) is 28.9 Å². The van der Waals surface area contributed by atoms with Crippen LogP contribution in [0.1, 0.15) is 27.2 Å². The highest BCUT2D eigenvalue weighted by molar-refractivity contribution is 9.10. The van der Waals surface area contributed by atoms with Crippen molar-refractivity contribution in [3.8, 4) is 0 Å². The van der Waals surface area contributed by atoms with E-state index in [4.69, 9.17) is 4.74 Å². The highest BCUT2D eigenvalue weighted by Gasteiger charge is 2.20. The van der Waals surface area contributed by atoms with Gasteiger partial charge in [0.2, 0.25) is 5.78 Å². The van der Waals surface area contributed by atoms with Crippen LogP contribution < -0.4 is 0 Å². The quantitative estimate of drug-likeness (QED) is 0.695. The third-order valence-electron chi connectivity index (χ3n) is 3.22. The summed E-state index contributed by atoms with van der Waals surface area (Å²) in [6.45, 7) is 5.00. The van der Waals surface area contributed by atoms with Gasteiger partial charge in [0, 0.05) is 17.1 Å². The maximum absolute atomic E-state index is 12.8. The number of rotatable bonds is 5. The molecule has 0 unspecified atom stereocenters. The largest absolute Gasteiger partial charge is 0.383 e. The topological polar surface area (TPSA) is 44.1 Å². The van der Waals surface area contributed by atoms with Crippen molar-refractivity contribution in [3.63, 3.8) is 0 Å². The molecule has 0 saturated heterocycles. The number of ketones is 1. The second kappa shape index (κ2) is 6.85. The maximum Gasteiger partial charge on any atom is 0.212 e. The number of halogens is 2. The molecule has 0 bridgehead atoms. The van der Waals surface area contributed by atoms with Gasteiger partial charge in [0.25, 0.3) is 0 Å². The van der Waals surface area contributed by atoms with E-state index in [1.165, 1.54) is 0 Å². The fourth-order valence-corrected chi connectivity index (χ4v) is 2.85. The zero-order valence-electron chi connectivity index (χ0n) is 12.1. The van der Waals surface area contributed by atoms with Gasteiger partial charge >= 0.3 is 0 Å². The van der Waals surface area contributed by atoms with Gasteiger partial charge in [-0.15, -0.1) is 0 Å². The second-order valence-corrected chi connectivity index (χ2v) is 6.46. The molecule has 1 aromatic carbocycles. The van der Waals surface area contributed by atoms with Gasteiger partial charge in [-0.25, -0.2) is 0 Å². The first kappa shape index (κ1) is 16.4. The normalized spacial score (nSPS) is 10.9. The minimum Gasteiger partial charge on any atom is -0.383 e. The predicted molar refractivity (Wildman–Crippen MR) is 88.9 cm³/mol. The van der Waals surface area contributed by atoms with Crippen LogP contribution >= 0.6 is 31.9 Å². The Morgan fingerprint density at radius 3 is 2.48 bits per heavy atom. The molecule has 112 valence electrons. The smallest absolute Gasteiger partial charge is 0.212 e. The Bertz CT molecular complexity index is 657. The number of carbonyl (C=O) groups excluding carboxylic acids is 1. The average molecular weight is 416 g/mol. The van der Waals surface area contributed by atoms with E-state index in [-0.39, 0.29) is 5.78 Å². The van der Waals surface area contributed by atoms with Crippen molar-refractivity contribution < 1.29 is 9.53 Å². The standard InChI is InChI=1S/C15H16Br2N2O2/c1-9-6-11(7-10(2)13(9)17)15(20)14-12(16)8-18-19(14)4-5-21-3/h6-8H,4-5H2,1-3H3. The Balaban J connectivity index is 2.43. The van der Waals surface area contributed by atoms with Gasteiger partial charge in [-0.1, -0.05) is 15.9 Å². The zero-order chi connectivity index (χ0) is 15.6. The number of benzene rings is 1. The molecule has 0 fully saturated rings. The van der Waals surface area contributed by atoms with Crippen LogP contribution in [0.2, 0.25) is 0 Å². The van der Waals surface area contributed by atoms with Crippen LogP contribution in [-0.4, -0.2) is 29.3 Å². The third kappa shape index (κ3) is 3.44. The summed E-state index contributed by atoms with van der Waals surface area (Å²) in [6.07, 6.45) is 1.64. The molecule has 0 atom stereocenters. The molecule has 0 spiro atoms. The molecule has 0 saturated carbocycles. The lowest BCUT2D eigenvalue weighted by Crippen LogP contribution is -2.15. The fourth-order valence-electron chi connectivity index (χ4n) is 2.15. The molecule has 1 heterocycles. The van der Waals surface area contributed by atoms with Crippen LogP contribution in [0.5, 0.6) is 0 Å². The van der Waals surface area contributed by atoms with Gasteiger partial charge in [0.15, 0.2) is 0 Å². The van der Waals surface area contributed by atoms with Crippen LogP contribution in [0, 0.1) is 13.8 Å². The Hall–Kier alpha value is -0.980. The van der Waals surface area contributed by atoms with Gasteiger partial charge in [0.1, 0.15) is 5.69 Å². The molecule has 2 aromatic rings. The summed E-state index contributed by atoms with van der Waals surface area (Å²) in [6, 6.07) is 3.78. The summed E-state index contributed by atoms with van der Waals surface area (Å²) >= 11 is 6.92. The summed E-state index contributed by atoms with van der Waals surface area (Å²) in [5, 5.41) is 4.22. The summed E-state index contributed by atoms with van der Waals surface area (Å²) in [4.78, 5) is 12.8. The lowest BCUT2D eigenvalue weighted by molar-refractivity contribution is 0.102. The van der Waals surface area contributed by atoms with E-state index in [9.17, 15) is 4.79 Å². The summed E-state index contributed by atoms with van der Waals surface area (Å²) in [5.74, 6) is -0.0471. The van der Waals surface area contributed by atoms with Crippen LogP contribution in [0.3, 0.4) is 0 Å². The molecule has 6 heteroatoms. The molecule has 0 radical (unpaired) electrons. The van der Waals surface area contributed by atoms with E-state index in [0.717, 1.165) is 15.6 Å². The van der Waals surface area contributed by atoms with Crippen molar-refractivity contribution in [1.82, 2.24) is 9.78 Å². The first-order chi connectivity index (χ1) is 9.95. The molecule has 0 aliphatic rings. The highest BCUT2D eigenvalue weighted by atomic mass is 79.9. The second-order valence-electron chi connectivity index (χ2n) is 4.81. The Morgan fingerprint density at radius 2 is 1.90 bits per heavy atom. The fraction of sp³-hybridized carbons (Fsp3) is 0.333. The molecule has 4 nitrogen and oxygen atoms in total. The van der Waals surface area contributed by atoms with Crippen molar-refractivity contribution in [2.75, 3.05) is 13.7 Å². The van der Waals surface area contributed by atoms with Gasteiger partial charge in [-0.05, 0) is 53.0 Å². The Kier molecular flexibility index (Phi) is 5.35. The SMILES string of the molecule is COCCn1ncc(Br)c1C(=O)c1cc(C)c(Br)c(C)c1. The summed E-state index contributed by atoms with van der Waals surface area (Å²) < 4.78 is 8.45. The maximum atomic E-state index is 12.8. The number of ether oxygens (including phenoxy) is 1. The molecule has 0 aliphatic carbocycles. The van der Waals surface area contributed by atoms with E-state index in [1.54, 1.807) is 18.0 Å². The molecule has 1 aromatic heterocycles. The average Bonchev–Trinajstić information content (AvgIpc) is 2.82. The number of methoxy groups -OCH3 is 1. The minimum absolute atomic E-state index is 0.0471. The van der Waals surface area contributed by atoms with E-state index >= 15 is 0 Å². The number of nitrogens with zero attached hydrogens (tertiary/aromatic N) is 2. The molecule has 0 N–H and O–H groups in total.